The van der Waals surface area contributed by atoms with Gasteiger partial charge in [-0.3, -0.25) is 4.79 Å². The molecule has 0 saturated carbocycles. The van der Waals surface area contributed by atoms with E-state index < -0.39 is 27.8 Å². The summed E-state index contributed by atoms with van der Waals surface area (Å²) >= 11 is 0. The van der Waals surface area contributed by atoms with Crippen LogP contribution in [0.15, 0.2) is 48.5 Å². The third-order valence-electron chi connectivity index (χ3n) is 6.15. The van der Waals surface area contributed by atoms with Gasteiger partial charge in [0.1, 0.15) is 6.61 Å². The number of carbonyl (C=O) groups is 2. The molecule has 0 atom stereocenters. The van der Waals surface area contributed by atoms with Gasteiger partial charge in [0.15, 0.2) is 5.75 Å². The van der Waals surface area contributed by atoms with Crippen LogP contribution in [0.4, 0.5) is 4.79 Å². The molecule has 2 aromatic carbocycles. The second kappa shape index (κ2) is 9.30. The van der Waals surface area contributed by atoms with Crippen molar-refractivity contribution in [1.29, 1.82) is 0 Å². The molecule has 1 aliphatic carbocycles. The Kier molecular flexibility index (Phi) is 6.48. The second-order valence-corrected chi connectivity index (χ2v) is 10.2. The number of ether oxygens (including phenoxy) is 1. The number of nitrogens with zero attached hydrogens (tertiary/aromatic N) is 1. The van der Waals surface area contributed by atoms with Gasteiger partial charge in [0.2, 0.25) is 10.0 Å². The summed E-state index contributed by atoms with van der Waals surface area (Å²) in [4.78, 5) is 23.0. The van der Waals surface area contributed by atoms with Gasteiger partial charge in [-0.1, -0.05) is 48.5 Å². The van der Waals surface area contributed by atoms with E-state index in [-0.39, 0.29) is 31.5 Å². The number of carboxylic acids is 1. The zero-order chi connectivity index (χ0) is 22.7. The normalized spacial score (nSPS) is 16.9. The Morgan fingerprint density at radius 1 is 1.00 bits per heavy atom. The standard InChI is InChI=1S/C23H26N2O6S/c26-22(27)15-32(29,30)25-11-9-16(10-12-25)13-24-23(28)31-14-21-19-7-3-1-5-17(19)18-6-2-4-8-20(18)21/h1-8,16,21H,9-15H2,(H,24,28)(H,26,27). The van der Waals surface area contributed by atoms with Crippen LogP contribution in [0.2, 0.25) is 0 Å². The molecule has 170 valence electrons. The summed E-state index contributed by atoms with van der Waals surface area (Å²) in [6.45, 7) is 1.15. The summed E-state index contributed by atoms with van der Waals surface area (Å²) in [5.74, 6) is -2.14. The summed E-state index contributed by atoms with van der Waals surface area (Å²) in [5.41, 5.74) is 4.64. The third-order valence-corrected chi connectivity index (χ3v) is 7.92. The van der Waals surface area contributed by atoms with Crippen molar-refractivity contribution in [3.8, 4) is 11.1 Å². The number of carbonyl (C=O) groups excluding carboxylic acids is 1. The van der Waals surface area contributed by atoms with Gasteiger partial charge in [-0.05, 0) is 41.0 Å². The van der Waals surface area contributed by atoms with Crippen LogP contribution in [0.5, 0.6) is 0 Å². The molecule has 0 unspecified atom stereocenters. The van der Waals surface area contributed by atoms with Crippen molar-refractivity contribution >= 4 is 22.1 Å². The molecule has 2 aliphatic rings. The SMILES string of the molecule is O=C(O)CS(=O)(=O)N1CCC(CNC(=O)OCC2c3ccccc3-c3ccccc32)CC1. The van der Waals surface area contributed by atoms with Crippen LogP contribution >= 0.6 is 0 Å². The highest BCUT2D eigenvalue weighted by Crippen LogP contribution is 2.44. The molecule has 1 fully saturated rings. The minimum absolute atomic E-state index is 0.00386. The van der Waals surface area contributed by atoms with Gasteiger partial charge >= 0.3 is 12.1 Å². The third kappa shape index (κ3) is 4.78. The molecule has 32 heavy (non-hydrogen) atoms. The first-order chi connectivity index (χ1) is 15.3. The van der Waals surface area contributed by atoms with Crippen molar-refractivity contribution in [2.75, 3.05) is 32.0 Å². The average molecular weight is 459 g/mol. The van der Waals surface area contributed by atoms with Crippen molar-refractivity contribution < 1.29 is 27.9 Å². The van der Waals surface area contributed by atoms with E-state index in [0.29, 0.717) is 19.4 Å². The Balaban J connectivity index is 1.26. The smallest absolute Gasteiger partial charge is 0.407 e. The number of hydrogen-bond donors (Lipinski definition) is 2. The van der Waals surface area contributed by atoms with Gasteiger partial charge in [0.05, 0.1) is 0 Å². The lowest BCUT2D eigenvalue weighted by Gasteiger charge is -2.30. The molecule has 1 heterocycles. The Hall–Kier alpha value is -2.91. The fraction of sp³-hybridized carbons (Fsp3) is 0.391. The summed E-state index contributed by atoms with van der Waals surface area (Å²) < 4.78 is 30.8. The monoisotopic (exact) mass is 458 g/mol. The predicted octanol–water partition coefficient (Wildman–Crippen LogP) is 2.65. The molecule has 1 amide bonds. The Morgan fingerprint density at radius 2 is 1.56 bits per heavy atom. The number of fused-ring (bicyclic) bond motifs is 3. The lowest BCUT2D eigenvalue weighted by Crippen LogP contribution is -2.43. The summed E-state index contributed by atoms with van der Waals surface area (Å²) in [6, 6.07) is 16.3. The minimum Gasteiger partial charge on any atom is -0.480 e. The first kappa shape index (κ1) is 22.3. The highest BCUT2D eigenvalue weighted by Gasteiger charge is 2.31. The number of aliphatic carboxylic acids is 1. The van der Waals surface area contributed by atoms with Crippen LogP contribution in [-0.4, -0.2) is 61.9 Å². The van der Waals surface area contributed by atoms with Crippen LogP contribution in [0.3, 0.4) is 0 Å². The highest BCUT2D eigenvalue weighted by molar-refractivity contribution is 7.89. The van der Waals surface area contributed by atoms with E-state index in [4.69, 9.17) is 9.84 Å². The Morgan fingerprint density at radius 3 is 2.12 bits per heavy atom. The van der Waals surface area contributed by atoms with Crippen molar-refractivity contribution in [2.24, 2.45) is 5.92 Å². The number of alkyl carbamates (subject to hydrolysis) is 1. The van der Waals surface area contributed by atoms with Gasteiger partial charge in [0, 0.05) is 25.6 Å². The molecule has 2 aromatic rings. The molecular weight excluding hydrogens is 432 g/mol. The molecule has 2 N–H and O–H groups in total. The largest absolute Gasteiger partial charge is 0.480 e. The van der Waals surface area contributed by atoms with E-state index in [2.05, 4.69) is 29.6 Å². The quantitative estimate of drug-likeness (QED) is 0.660. The summed E-state index contributed by atoms with van der Waals surface area (Å²) in [7, 11) is -3.78. The van der Waals surface area contributed by atoms with E-state index >= 15 is 0 Å². The fourth-order valence-corrected chi connectivity index (χ4v) is 5.78. The Bertz CT molecular complexity index is 1060. The van der Waals surface area contributed by atoms with E-state index in [1.165, 1.54) is 15.4 Å². The van der Waals surface area contributed by atoms with Crippen LogP contribution < -0.4 is 5.32 Å². The van der Waals surface area contributed by atoms with E-state index in [0.717, 1.165) is 11.1 Å². The zero-order valence-electron chi connectivity index (χ0n) is 17.6. The summed E-state index contributed by atoms with van der Waals surface area (Å²) in [5, 5.41) is 11.5. The maximum Gasteiger partial charge on any atom is 0.407 e. The number of carboxylic acid groups (broad SMARTS) is 1. The lowest BCUT2D eigenvalue weighted by molar-refractivity contribution is -0.134. The minimum atomic E-state index is -3.78. The van der Waals surface area contributed by atoms with Crippen LogP contribution in [-0.2, 0) is 19.6 Å². The number of rotatable bonds is 7. The molecule has 0 bridgehead atoms. The number of amides is 1. The van der Waals surface area contributed by atoms with Gasteiger partial charge in [0.25, 0.3) is 0 Å². The van der Waals surface area contributed by atoms with Gasteiger partial charge < -0.3 is 15.2 Å². The van der Waals surface area contributed by atoms with Crippen LogP contribution in [0, 0.1) is 5.92 Å². The number of hydrogen-bond acceptors (Lipinski definition) is 5. The maximum absolute atomic E-state index is 12.3. The molecular formula is C23H26N2O6S. The first-order valence-electron chi connectivity index (χ1n) is 10.6. The van der Waals surface area contributed by atoms with Gasteiger partial charge in [-0.25, -0.2) is 17.5 Å². The van der Waals surface area contributed by atoms with Crippen molar-refractivity contribution in [2.45, 2.75) is 18.8 Å². The van der Waals surface area contributed by atoms with E-state index in [1.807, 2.05) is 24.3 Å². The van der Waals surface area contributed by atoms with E-state index in [1.54, 1.807) is 0 Å². The molecule has 0 spiro atoms. The zero-order valence-corrected chi connectivity index (χ0v) is 18.4. The number of piperidine rings is 1. The molecule has 0 radical (unpaired) electrons. The average Bonchev–Trinajstić information content (AvgIpc) is 3.09. The predicted molar refractivity (Wildman–Crippen MR) is 119 cm³/mol. The van der Waals surface area contributed by atoms with Crippen molar-refractivity contribution in [3.63, 3.8) is 0 Å². The van der Waals surface area contributed by atoms with E-state index in [9.17, 15) is 18.0 Å². The fourth-order valence-electron chi connectivity index (χ4n) is 4.52. The second-order valence-electron chi connectivity index (χ2n) is 8.20. The lowest BCUT2D eigenvalue weighted by atomic mass is 9.98. The van der Waals surface area contributed by atoms with Crippen LogP contribution in [0.25, 0.3) is 11.1 Å². The molecule has 1 aliphatic heterocycles. The molecule has 0 aromatic heterocycles. The summed E-state index contributed by atoms with van der Waals surface area (Å²) in [6.07, 6.45) is 0.623. The van der Waals surface area contributed by atoms with Crippen molar-refractivity contribution in [1.82, 2.24) is 9.62 Å². The van der Waals surface area contributed by atoms with Gasteiger partial charge in [-0.2, -0.15) is 0 Å². The number of nitrogens with one attached hydrogen (secondary N) is 1. The number of sulfonamides is 1. The topological polar surface area (TPSA) is 113 Å². The van der Waals surface area contributed by atoms with Crippen molar-refractivity contribution in [3.05, 3.63) is 59.7 Å². The molecule has 9 heteroatoms. The highest BCUT2D eigenvalue weighted by atomic mass is 32.2. The maximum atomic E-state index is 12.3. The molecule has 1 saturated heterocycles. The Labute approximate surface area is 187 Å². The first-order valence-corrected chi connectivity index (χ1v) is 12.2. The van der Waals surface area contributed by atoms with Gasteiger partial charge in [-0.15, -0.1) is 0 Å². The number of benzene rings is 2. The molecule has 4 rings (SSSR count). The van der Waals surface area contributed by atoms with Crippen LogP contribution in [0.1, 0.15) is 29.9 Å². The molecule has 8 nitrogen and oxygen atoms in total.